The molecule has 0 aliphatic heterocycles. The van der Waals surface area contributed by atoms with Gasteiger partial charge in [-0.05, 0) is 45.0 Å². The Bertz CT molecular complexity index is 420. The molecule has 0 heterocycles. The number of nitrogens with zero attached hydrogens (tertiary/aromatic N) is 1. The minimum atomic E-state index is -0.331. The third-order valence-electron chi connectivity index (χ3n) is 3.09. The zero-order valence-electron chi connectivity index (χ0n) is 12.3. The summed E-state index contributed by atoms with van der Waals surface area (Å²) < 4.78 is 1.03. The molecule has 4 nitrogen and oxygen atoms in total. The summed E-state index contributed by atoms with van der Waals surface area (Å²) in [5.74, 6) is -0.00601. The SMILES string of the molecule is CC(O)CCN(C)CC(=O)NC(C)c1ccc(Br)cc1. The maximum Gasteiger partial charge on any atom is 0.234 e. The first-order valence-corrected chi connectivity index (χ1v) is 7.59. The van der Waals surface area contributed by atoms with Gasteiger partial charge in [-0.2, -0.15) is 0 Å². The van der Waals surface area contributed by atoms with E-state index in [1.807, 2.05) is 43.1 Å². The van der Waals surface area contributed by atoms with Gasteiger partial charge in [-0.15, -0.1) is 0 Å². The molecule has 0 fully saturated rings. The van der Waals surface area contributed by atoms with E-state index in [4.69, 9.17) is 0 Å². The van der Waals surface area contributed by atoms with E-state index in [1.165, 1.54) is 0 Å². The van der Waals surface area contributed by atoms with Crippen molar-refractivity contribution in [3.8, 4) is 0 Å². The summed E-state index contributed by atoms with van der Waals surface area (Å²) in [6, 6.07) is 7.90. The van der Waals surface area contributed by atoms with Crippen molar-refractivity contribution in [3.63, 3.8) is 0 Å². The average Bonchev–Trinajstić information content (AvgIpc) is 2.36. The van der Waals surface area contributed by atoms with Crippen molar-refractivity contribution in [3.05, 3.63) is 34.3 Å². The van der Waals surface area contributed by atoms with Crippen LogP contribution in [-0.2, 0) is 4.79 Å². The zero-order valence-corrected chi connectivity index (χ0v) is 13.9. The molecule has 0 aliphatic carbocycles. The Hall–Kier alpha value is -0.910. The van der Waals surface area contributed by atoms with Gasteiger partial charge in [0.1, 0.15) is 0 Å². The fraction of sp³-hybridized carbons (Fsp3) is 0.533. The van der Waals surface area contributed by atoms with E-state index < -0.39 is 0 Å². The number of carbonyl (C=O) groups is 1. The Morgan fingerprint density at radius 2 is 1.95 bits per heavy atom. The van der Waals surface area contributed by atoms with E-state index >= 15 is 0 Å². The van der Waals surface area contributed by atoms with Crippen LogP contribution >= 0.6 is 15.9 Å². The number of likely N-dealkylation sites (N-methyl/N-ethyl adjacent to an activating group) is 1. The van der Waals surface area contributed by atoms with Gasteiger partial charge in [0, 0.05) is 11.0 Å². The number of carbonyl (C=O) groups excluding carboxylic acids is 1. The maximum atomic E-state index is 11.9. The molecule has 1 rings (SSSR count). The van der Waals surface area contributed by atoms with E-state index in [2.05, 4.69) is 21.2 Å². The number of benzene rings is 1. The number of aliphatic hydroxyl groups is 1. The van der Waals surface area contributed by atoms with Crippen LogP contribution in [0.1, 0.15) is 31.9 Å². The second-order valence-corrected chi connectivity index (χ2v) is 6.13. The van der Waals surface area contributed by atoms with Crippen LogP contribution in [0.15, 0.2) is 28.7 Å². The van der Waals surface area contributed by atoms with E-state index in [0.717, 1.165) is 10.0 Å². The molecule has 2 unspecified atom stereocenters. The highest BCUT2D eigenvalue weighted by atomic mass is 79.9. The molecule has 1 amide bonds. The molecule has 2 atom stereocenters. The van der Waals surface area contributed by atoms with Gasteiger partial charge < -0.3 is 10.4 Å². The molecule has 5 heteroatoms. The van der Waals surface area contributed by atoms with Crippen LogP contribution in [0, 0.1) is 0 Å². The second kappa shape index (κ2) is 8.39. The third-order valence-corrected chi connectivity index (χ3v) is 3.62. The van der Waals surface area contributed by atoms with Crippen molar-refractivity contribution in [1.29, 1.82) is 0 Å². The molecule has 0 saturated carbocycles. The Morgan fingerprint density at radius 1 is 1.35 bits per heavy atom. The molecule has 1 aromatic carbocycles. The number of aliphatic hydroxyl groups excluding tert-OH is 1. The largest absolute Gasteiger partial charge is 0.393 e. The number of hydrogen-bond acceptors (Lipinski definition) is 3. The lowest BCUT2D eigenvalue weighted by Crippen LogP contribution is -2.37. The maximum absolute atomic E-state index is 11.9. The number of halogens is 1. The highest BCUT2D eigenvalue weighted by Gasteiger charge is 2.11. The lowest BCUT2D eigenvalue weighted by Gasteiger charge is -2.19. The van der Waals surface area contributed by atoms with Gasteiger partial charge in [-0.25, -0.2) is 0 Å². The molecular formula is C15H23BrN2O2. The summed E-state index contributed by atoms with van der Waals surface area (Å²) in [6.07, 6.45) is 0.341. The minimum Gasteiger partial charge on any atom is -0.393 e. The highest BCUT2D eigenvalue weighted by Crippen LogP contribution is 2.16. The monoisotopic (exact) mass is 342 g/mol. The van der Waals surface area contributed by atoms with E-state index in [0.29, 0.717) is 19.5 Å². The van der Waals surface area contributed by atoms with Crippen LogP contribution < -0.4 is 5.32 Å². The molecule has 0 saturated heterocycles. The van der Waals surface area contributed by atoms with Crippen LogP contribution in [0.3, 0.4) is 0 Å². The van der Waals surface area contributed by atoms with Gasteiger partial charge in [-0.1, -0.05) is 28.1 Å². The molecule has 0 spiro atoms. The predicted molar refractivity (Wildman–Crippen MR) is 84.5 cm³/mol. The molecule has 0 bridgehead atoms. The summed E-state index contributed by atoms with van der Waals surface area (Å²) in [5, 5.41) is 12.2. The number of rotatable bonds is 7. The van der Waals surface area contributed by atoms with Crippen LogP contribution in [0.5, 0.6) is 0 Å². The first-order chi connectivity index (χ1) is 9.38. The fourth-order valence-electron chi connectivity index (χ4n) is 1.85. The number of amides is 1. The van der Waals surface area contributed by atoms with Crippen molar-refractivity contribution < 1.29 is 9.90 Å². The molecular weight excluding hydrogens is 320 g/mol. The first kappa shape index (κ1) is 17.1. The van der Waals surface area contributed by atoms with E-state index in [1.54, 1.807) is 6.92 Å². The van der Waals surface area contributed by atoms with Gasteiger partial charge in [0.05, 0.1) is 18.7 Å². The number of hydrogen-bond donors (Lipinski definition) is 2. The highest BCUT2D eigenvalue weighted by molar-refractivity contribution is 9.10. The van der Waals surface area contributed by atoms with Crippen molar-refractivity contribution in [2.24, 2.45) is 0 Å². The molecule has 0 aliphatic rings. The minimum absolute atomic E-state index is 0.00601. The van der Waals surface area contributed by atoms with Crippen LogP contribution in [-0.4, -0.2) is 42.2 Å². The van der Waals surface area contributed by atoms with Gasteiger partial charge in [0.2, 0.25) is 5.91 Å². The smallest absolute Gasteiger partial charge is 0.234 e. The summed E-state index contributed by atoms with van der Waals surface area (Å²) in [7, 11) is 1.88. The van der Waals surface area contributed by atoms with E-state index in [9.17, 15) is 9.90 Å². The Balaban J connectivity index is 2.39. The average molecular weight is 343 g/mol. The standard InChI is InChI=1S/C15H23BrN2O2/c1-11(19)8-9-18(3)10-15(20)17-12(2)13-4-6-14(16)7-5-13/h4-7,11-12,19H,8-10H2,1-3H3,(H,17,20). The van der Waals surface area contributed by atoms with Gasteiger partial charge in [0.15, 0.2) is 0 Å². The first-order valence-electron chi connectivity index (χ1n) is 6.80. The molecule has 1 aromatic rings. The lowest BCUT2D eigenvalue weighted by atomic mass is 10.1. The second-order valence-electron chi connectivity index (χ2n) is 5.22. The van der Waals surface area contributed by atoms with Gasteiger partial charge in [0.25, 0.3) is 0 Å². The molecule has 2 N–H and O–H groups in total. The normalized spacial score (nSPS) is 14.1. The third kappa shape index (κ3) is 6.50. The van der Waals surface area contributed by atoms with E-state index in [-0.39, 0.29) is 18.1 Å². The Morgan fingerprint density at radius 3 is 2.50 bits per heavy atom. The fourth-order valence-corrected chi connectivity index (χ4v) is 2.12. The summed E-state index contributed by atoms with van der Waals surface area (Å²) in [4.78, 5) is 13.8. The summed E-state index contributed by atoms with van der Waals surface area (Å²) in [5.41, 5.74) is 1.08. The van der Waals surface area contributed by atoms with Crippen LogP contribution in [0.2, 0.25) is 0 Å². The van der Waals surface area contributed by atoms with Crippen molar-refractivity contribution in [2.75, 3.05) is 20.1 Å². The summed E-state index contributed by atoms with van der Waals surface area (Å²) in [6.45, 7) is 4.77. The molecule has 0 radical (unpaired) electrons. The van der Waals surface area contributed by atoms with Crippen LogP contribution in [0.25, 0.3) is 0 Å². The Kier molecular flexibility index (Phi) is 7.19. The van der Waals surface area contributed by atoms with Crippen molar-refractivity contribution in [1.82, 2.24) is 10.2 Å². The molecule has 112 valence electrons. The molecule has 20 heavy (non-hydrogen) atoms. The van der Waals surface area contributed by atoms with Gasteiger partial charge in [-0.3, -0.25) is 9.69 Å². The predicted octanol–water partition coefficient (Wildman–Crippen LogP) is 2.33. The lowest BCUT2D eigenvalue weighted by molar-refractivity contribution is -0.122. The van der Waals surface area contributed by atoms with Gasteiger partial charge >= 0.3 is 0 Å². The zero-order chi connectivity index (χ0) is 15.1. The molecule has 0 aromatic heterocycles. The number of nitrogens with one attached hydrogen (secondary N) is 1. The topological polar surface area (TPSA) is 52.6 Å². The summed E-state index contributed by atoms with van der Waals surface area (Å²) >= 11 is 3.39. The van der Waals surface area contributed by atoms with Crippen molar-refractivity contribution in [2.45, 2.75) is 32.4 Å². The van der Waals surface area contributed by atoms with Crippen LogP contribution in [0.4, 0.5) is 0 Å². The van der Waals surface area contributed by atoms with Crippen molar-refractivity contribution >= 4 is 21.8 Å². The Labute approximate surface area is 129 Å². The quantitative estimate of drug-likeness (QED) is 0.799.